The summed E-state index contributed by atoms with van der Waals surface area (Å²) in [6, 6.07) is 0.510. The van der Waals surface area contributed by atoms with Crippen LogP contribution in [0.25, 0.3) is 0 Å². The summed E-state index contributed by atoms with van der Waals surface area (Å²) in [7, 11) is -4.25. The van der Waals surface area contributed by atoms with E-state index in [1.165, 1.54) is 0 Å². The highest BCUT2D eigenvalue weighted by molar-refractivity contribution is 7.89. The second kappa shape index (κ2) is 5.62. The molecule has 1 aromatic rings. The van der Waals surface area contributed by atoms with Crippen LogP contribution in [0.2, 0.25) is 0 Å². The lowest BCUT2D eigenvalue weighted by Crippen LogP contribution is -2.51. The van der Waals surface area contributed by atoms with Crippen molar-refractivity contribution < 1.29 is 22.1 Å². The van der Waals surface area contributed by atoms with Crippen molar-refractivity contribution in [1.29, 1.82) is 0 Å². The highest BCUT2D eigenvalue weighted by Gasteiger charge is 2.33. The van der Waals surface area contributed by atoms with E-state index in [0.29, 0.717) is 12.6 Å². The molecule has 7 nitrogen and oxygen atoms in total. The van der Waals surface area contributed by atoms with Crippen LogP contribution in [0.5, 0.6) is 0 Å². The lowest BCUT2D eigenvalue weighted by Gasteiger charge is -2.31. The molecule has 10 heteroatoms. The van der Waals surface area contributed by atoms with Gasteiger partial charge in [-0.2, -0.15) is 8.70 Å². The molecule has 1 heterocycles. The molecular weight excluding hydrogens is 308 g/mol. The molecule has 0 bridgehead atoms. The van der Waals surface area contributed by atoms with E-state index in [-0.39, 0.29) is 25.2 Å². The van der Waals surface area contributed by atoms with Gasteiger partial charge >= 0.3 is 5.69 Å². The second-order valence-corrected chi connectivity index (χ2v) is 6.62. The predicted octanol–water partition coefficient (Wildman–Crippen LogP) is 0.855. The molecule has 0 amide bonds. The summed E-state index contributed by atoms with van der Waals surface area (Å²) in [5.41, 5.74) is -1.07. The molecule has 1 fully saturated rings. The number of piperazine rings is 1. The van der Waals surface area contributed by atoms with Gasteiger partial charge in [0, 0.05) is 37.8 Å². The van der Waals surface area contributed by atoms with E-state index in [2.05, 4.69) is 5.32 Å². The van der Waals surface area contributed by atoms with Crippen LogP contribution in [0, 0.1) is 21.7 Å². The average Bonchev–Trinajstić information content (AvgIpc) is 2.37. The van der Waals surface area contributed by atoms with E-state index >= 15 is 0 Å². The van der Waals surface area contributed by atoms with Crippen LogP contribution >= 0.6 is 0 Å². The highest BCUT2D eigenvalue weighted by Crippen LogP contribution is 2.27. The normalized spacial score (nSPS) is 20.4. The molecule has 1 atom stereocenters. The van der Waals surface area contributed by atoms with Gasteiger partial charge in [0.15, 0.2) is 0 Å². The Bertz CT molecular complexity index is 680. The molecule has 116 valence electrons. The fourth-order valence-corrected chi connectivity index (χ4v) is 3.71. The minimum atomic E-state index is -4.25. The van der Waals surface area contributed by atoms with Crippen molar-refractivity contribution in [3.8, 4) is 0 Å². The lowest BCUT2D eigenvalue weighted by molar-refractivity contribution is -0.387. The molecule has 0 aliphatic carbocycles. The van der Waals surface area contributed by atoms with Crippen molar-refractivity contribution in [3.05, 3.63) is 33.9 Å². The van der Waals surface area contributed by atoms with Crippen LogP contribution in [-0.2, 0) is 10.0 Å². The van der Waals surface area contributed by atoms with E-state index in [1.807, 2.05) is 0 Å². The van der Waals surface area contributed by atoms with Gasteiger partial charge in [-0.1, -0.05) is 0 Å². The van der Waals surface area contributed by atoms with Gasteiger partial charge < -0.3 is 5.32 Å². The van der Waals surface area contributed by atoms with Gasteiger partial charge in [0.05, 0.1) is 4.92 Å². The Morgan fingerprint density at radius 2 is 2.05 bits per heavy atom. The number of nitro groups is 1. The lowest BCUT2D eigenvalue weighted by atomic mass is 10.3. The van der Waals surface area contributed by atoms with Crippen molar-refractivity contribution in [3.63, 3.8) is 0 Å². The maximum atomic E-state index is 13.8. The Morgan fingerprint density at radius 1 is 1.38 bits per heavy atom. The van der Waals surface area contributed by atoms with E-state index in [9.17, 15) is 27.3 Å². The third-order valence-electron chi connectivity index (χ3n) is 3.15. The van der Waals surface area contributed by atoms with E-state index < -0.39 is 37.2 Å². The van der Waals surface area contributed by atoms with Gasteiger partial charge in [-0.3, -0.25) is 10.1 Å². The van der Waals surface area contributed by atoms with Crippen molar-refractivity contribution in [2.75, 3.05) is 19.6 Å². The number of nitro benzene ring substituents is 1. The van der Waals surface area contributed by atoms with Gasteiger partial charge in [-0.25, -0.2) is 12.8 Å². The molecule has 1 N–H and O–H groups in total. The summed E-state index contributed by atoms with van der Waals surface area (Å²) in [6.07, 6.45) is 0. The minimum absolute atomic E-state index is 0.104. The molecule has 21 heavy (non-hydrogen) atoms. The van der Waals surface area contributed by atoms with Crippen molar-refractivity contribution in [2.24, 2.45) is 0 Å². The first-order valence-electron chi connectivity index (χ1n) is 6.10. The number of hydrogen-bond acceptors (Lipinski definition) is 5. The molecule has 0 aromatic heterocycles. The zero-order valence-electron chi connectivity index (χ0n) is 11.0. The van der Waals surface area contributed by atoms with Crippen molar-refractivity contribution in [1.82, 2.24) is 9.62 Å². The maximum Gasteiger partial charge on any atom is 0.306 e. The van der Waals surface area contributed by atoms with Crippen molar-refractivity contribution in [2.45, 2.75) is 17.9 Å². The van der Waals surface area contributed by atoms with Crippen LogP contribution in [0.4, 0.5) is 14.5 Å². The Labute approximate surface area is 119 Å². The SMILES string of the molecule is C[C@H]1CN(S(=O)(=O)c2cc([N+](=O)[O-])c(F)cc2F)CCN1. The summed E-state index contributed by atoms with van der Waals surface area (Å²) in [5, 5.41) is 13.7. The topological polar surface area (TPSA) is 92.5 Å². The first kappa shape index (κ1) is 15.7. The van der Waals surface area contributed by atoms with Gasteiger partial charge in [0.2, 0.25) is 15.8 Å². The molecule has 0 saturated carbocycles. The first-order chi connectivity index (χ1) is 9.73. The van der Waals surface area contributed by atoms with E-state index in [0.717, 1.165) is 4.31 Å². The second-order valence-electron chi connectivity index (χ2n) is 4.71. The van der Waals surface area contributed by atoms with Gasteiger partial charge in [-0.05, 0) is 6.92 Å². The third kappa shape index (κ3) is 3.01. The van der Waals surface area contributed by atoms with Crippen LogP contribution < -0.4 is 5.32 Å². The fraction of sp³-hybridized carbons (Fsp3) is 0.455. The zero-order valence-corrected chi connectivity index (χ0v) is 11.9. The van der Waals surface area contributed by atoms with Gasteiger partial charge in [0.25, 0.3) is 0 Å². The van der Waals surface area contributed by atoms with E-state index in [1.54, 1.807) is 6.92 Å². The molecule has 0 spiro atoms. The number of rotatable bonds is 3. The quantitative estimate of drug-likeness (QED) is 0.658. The summed E-state index contributed by atoms with van der Waals surface area (Å²) in [4.78, 5) is 8.69. The van der Waals surface area contributed by atoms with Gasteiger partial charge in [-0.15, -0.1) is 0 Å². The van der Waals surface area contributed by atoms with Crippen LogP contribution in [0.3, 0.4) is 0 Å². The number of halogens is 2. The number of sulfonamides is 1. The fourth-order valence-electron chi connectivity index (χ4n) is 2.11. The number of benzene rings is 1. The summed E-state index contributed by atoms with van der Waals surface area (Å²) >= 11 is 0. The summed E-state index contributed by atoms with van der Waals surface area (Å²) in [6.45, 7) is 2.35. The standard InChI is InChI=1S/C11H13F2N3O4S/c1-7-6-15(3-2-14-7)21(19,20)11-5-10(16(17)18)8(12)4-9(11)13/h4-5,7,14H,2-3,6H2,1H3/t7-/m0/s1. The van der Waals surface area contributed by atoms with Crippen LogP contribution in [0.1, 0.15) is 6.92 Å². The van der Waals surface area contributed by atoms with E-state index in [4.69, 9.17) is 0 Å². The Kier molecular flexibility index (Phi) is 4.21. The Morgan fingerprint density at radius 3 is 2.62 bits per heavy atom. The molecular formula is C11H13F2N3O4S. The number of nitrogens with one attached hydrogen (secondary N) is 1. The largest absolute Gasteiger partial charge is 0.312 e. The van der Waals surface area contributed by atoms with Crippen molar-refractivity contribution >= 4 is 15.7 Å². The predicted molar refractivity (Wildman–Crippen MR) is 69.2 cm³/mol. The maximum absolute atomic E-state index is 13.8. The monoisotopic (exact) mass is 321 g/mol. The molecule has 1 aromatic carbocycles. The molecule has 2 rings (SSSR count). The molecule has 0 radical (unpaired) electrons. The Balaban J connectivity index is 2.49. The summed E-state index contributed by atoms with van der Waals surface area (Å²) < 4.78 is 52.8. The molecule has 0 unspecified atom stereocenters. The average molecular weight is 321 g/mol. The number of hydrogen-bond donors (Lipinski definition) is 1. The van der Waals surface area contributed by atoms with Crippen LogP contribution in [-0.4, -0.2) is 43.3 Å². The van der Waals surface area contributed by atoms with Gasteiger partial charge in [0.1, 0.15) is 10.7 Å². The molecule has 1 aliphatic rings. The smallest absolute Gasteiger partial charge is 0.306 e. The first-order valence-corrected chi connectivity index (χ1v) is 7.54. The molecule has 1 aliphatic heterocycles. The minimum Gasteiger partial charge on any atom is -0.312 e. The Hall–Kier alpha value is -1.65. The molecule has 1 saturated heterocycles. The third-order valence-corrected chi connectivity index (χ3v) is 5.03. The summed E-state index contributed by atoms with van der Waals surface area (Å²) in [5.74, 6) is -2.76. The van der Waals surface area contributed by atoms with Crippen LogP contribution in [0.15, 0.2) is 17.0 Å². The zero-order chi connectivity index (χ0) is 15.8. The highest BCUT2D eigenvalue weighted by atomic mass is 32.2. The number of nitrogens with zero attached hydrogens (tertiary/aromatic N) is 2.